The average Bonchev–Trinajstić information content (AvgIpc) is 2.64. The van der Waals surface area contributed by atoms with Gasteiger partial charge in [-0.2, -0.15) is 10.1 Å². The van der Waals surface area contributed by atoms with Gasteiger partial charge in [-0.15, -0.1) is 5.10 Å². The van der Waals surface area contributed by atoms with Crippen molar-refractivity contribution in [1.82, 2.24) is 15.2 Å². The SMILES string of the molecule is CC(C)c1ccc(Nc2cnnc(NCCc3ccc(Cl)cc3)n2)cc1. The molecule has 3 aromatic rings. The lowest BCUT2D eigenvalue weighted by Crippen LogP contribution is -2.09. The molecule has 0 unspecified atom stereocenters. The number of aromatic nitrogens is 3. The zero-order valence-corrected chi connectivity index (χ0v) is 15.7. The molecule has 0 aliphatic carbocycles. The summed E-state index contributed by atoms with van der Waals surface area (Å²) in [6.45, 7) is 5.08. The predicted molar refractivity (Wildman–Crippen MR) is 107 cm³/mol. The highest BCUT2D eigenvalue weighted by Crippen LogP contribution is 2.19. The maximum absolute atomic E-state index is 5.90. The molecule has 0 bridgehead atoms. The maximum Gasteiger partial charge on any atom is 0.244 e. The molecule has 0 radical (unpaired) electrons. The first kappa shape index (κ1) is 18.1. The molecule has 5 nitrogen and oxygen atoms in total. The molecule has 2 N–H and O–H groups in total. The Hall–Kier alpha value is -2.66. The van der Waals surface area contributed by atoms with Crippen LogP contribution >= 0.6 is 11.6 Å². The van der Waals surface area contributed by atoms with E-state index >= 15 is 0 Å². The Bertz CT molecular complexity index is 832. The third-order valence-electron chi connectivity index (χ3n) is 4.02. The lowest BCUT2D eigenvalue weighted by atomic mass is 10.0. The van der Waals surface area contributed by atoms with Gasteiger partial charge >= 0.3 is 0 Å². The summed E-state index contributed by atoms with van der Waals surface area (Å²) in [5.74, 6) is 1.68. The molecular weight excluding hydrogens is 346 g/mol. The third-order valence-corrected chi connectivity index (χ3v) is 4.27. The minimum atomic E-state index is 0.503. The van der Waals surface area contributed by atoms with E-state index in [9.17, 15) is 0 Å². The van der Waals surface area contributed by atoms with E-state index in [0.717, 1.165) is 23.7 Å². The number of nitrogens with zero attached hydrogens (tertiary/aromatic N) is 3. The van der Waals surface area contributed by atoms with E-state index in [2.05, 4.69) is 51.8 Å². The summed E-state index contributed by atoms with van der Waals surface area (Å²) < 4.78 is 0. The summed E-state index contributed by atoms with van der Waals surface area (Å²) in [5, 5.41) is 15.2. The highest BCUT2D eigenvalue weighted by Gasteiger charge is 2.03. The van der Waals surface area contributed by atoms with Crippen LogP contribution in [0, 0.1) is 0 Å². The molecular formula is C20H22ClN5. The van der Waals surface area contributed by atoms with Gasteiger partial charge in [0.2, 0.25) is 5.95 Å². The van der Waals surface area contributed by atoms with Crippen LogP contribution in [-0.2, 0) is 6.42 Å². The molecule has 6 heteroatoms. The summed E-state index contributed by atoms with van der Waals surface area (Å²) in [4.78, 5) is 4.45. The molecule has 0 spiro atoms. The van der Waals surface area contributed by atoms with Gasteiger partial charge in [0.05, 0.1) is 6.20 Å². The molecule has 0 saturated heterocycles. The lowest BCUT2D eigenvalue weighted by molar-refractivity contribution is 0.867. The van der Waals surface area contributed by atoms with Crippen LogP contribution in [0.5, 0.6) is 0 Å². The van der Waals surface area contributed by atoms with Crippen LogP contribution in [0.1, 0.15) is 30.9 Å². The van der Waals surface area contributed by atoms with Crippen molar-refractivity contribution in [2.45, 2.75) is 26.2 Å². The van der Waals surface area contributed by atoms with Crippen molar-refractivity contribution in [2.75, 3.05) is 17.2 Å². The quantitative estimate of drug-likeness (QED) is 0.612. The van der Waals surface area contributed by atoms with Crippen LogP contribution in [0.2, 0.25) is 5.02 Å². The van der Waals surface area contributed by atoms with Crippen molar-refractivity contribution in [3.05, 3.63) is 70.9 Å². The van der Waals surface area contributed by atoms with Gasteiger partial charge in [0.1, 0.15) is 0 Å². The first-order chi connectivity index (χ1) is 12.6. The van der Waals surface area contributed by atoms with Crippen molar-refractivity contribution >= 4 is 29.1 Å². The number of nitrogens with one attached hydrogen (secondary N) is 2. The Kier molecular flexibility index (Phi) is 6.02. The van der Waals surface area contributed by atoms with Gasteiger partial charge in [0, 0.05) is 17.3 Å². The van der Waals surface area contributed by atoms with Crippen LogP contribution in [0.3, 0.4) is 0 Å². The maximum atomic E-state index is 5.90. The second-order valence-corrected chi connectivity index (χ2v) is 6.81. The van der Waals surface area contributed by atoms with E-state index in [1.807, 2.05) is 36.4 Å². The van der Waals surface area contributed by atoms with Crippen molar-refractivity contribution in [1.29, 1.82) is 0 Å². The largest absolute Gasteiger partial charge is 0.353 e. The Balaban J connectivity index is 1.56. The van der Waals surface area contributed by atoms with Crippen molar-refractivity contribution in [2.24, 2.45) is 0 Å². The third kappa shape index (κ3) is 5.17. The normalized spacial score (nSPS) is 10.8. The summed E-state index contributed by atoms with van der Waals surface area (Å²) >= 11 is 5.90. The van der Waals surface area contributed by atoms with Gasteiger partial charge in [-0.3, -0.25) is 0 Å². The van der Waals surface area contributed by atoms with E-state index in [-0.39, 0.29) is 0 Å². The molecule has 1 aromatic heterocycles. The molecule has 0 amide bonds. The topological polar surface area (TPSA) is 62.7 Å². The molecule has 0 fully saturated rings. The van der Waals surface area contributed by atoms with Gasteiger partial charge in [0.25, 0.3) is 0 Å². The number of rotatable bonds is 7. The number of hydrogen-bond donors (Lipinski definition) is 2. The fraction of sp³-hybridized carbons (Fsp3) is 0.250. The molecule has 0 saturated carbocycles. The molecule has 0 aliphatic rings. The number of anilines is 3. The van der Waals surface area contributed by atoms with Crippen LogP contribution < -0.4 is 10.6 Å². The molecule has 134 valence electrons. The molecule has 26 heavy (non-hydrogen) atoms. The minimum absolute atomic E-state index is 0.503. The van der Waals surface area contributed by atoms with Crippen molar-refractivity contribution < 1.29 is 0 Å². The number of benzene rings is 2. The Labute approximate surface area is 158 Å². The zero-order chi connectivity index (χ0) is 18.4. The van der Waals surface area contributed by atoms with Gasteiger partial charge < -0.3 is 10.6 Å². The molecule has 2 aromatic carbocycles. The summed E-state index contributed by atoms with van der Waals surface area (Å²) in [6, 6.07) is 16.1. The average molecular weight is 368 g/mol. The summed E-state index contributed by atoms with van der Waals surface area (Å²) in [5.41, 5.74) is 3.48. The van der Waals surface area contributed by atoms with E-state index in [1.54, 1.807) is 6.20 Å². The minimum Gasteiger partial charge on any atom is -0.353 e. The van der Waals surface area contributed by atoms with Gasteiger partial charge in [-0.25, -0.2) is 0 Å². The van der Waals surface area contributed by atoms with Crippen LogP contribution in [0.4, 0.5) is 17.5 Å². The zero-order valence-electron chi connectivity index (χ0n) is 14.9. The molecule has 0 aliphatic heterocycles. The van der Waals surface area contributed by atoms with Crippen LogP contribution in [0.15, 0.2) is 54.7 Å². The molecule has 3 rings (SSSR count). The van der Waals surface area contributed by atoms with Crippen molar-refractivity contribution in [3.8, 4) is 0 Å². The van der Waals surface area contributed by atoms with E-state index < -0.39 is 0 Å². The summed E-state index contributed by atoms with van der Waals surface area (Å²) in [6.07, 6.45) is 2.47. The highest BCUT2D eigenvalue weighted by atomic mass is 35.5. The van der Waals surface area contributed by atoms with Crippen LogP contribution in [-0.4, -0.2) is 21.7 Å². The van der Waals surface area contributed by atoms with Gasteiger partial charge in [0.15, 0.2) is 5.82 Å². The number of halogens is 1. The van der Waals surface area contributed by atoms with Gasteiger partial charge in [-0.05, 0) is 47.7 Å². The Morgan fingerprint density at radius 2 is 1.73 bits per heavy atom. The number of hydrogen-bond acceptors (Lipinski definition) is 5. The monoisotopic (exact) mass is 367 g/mol. The molecule has 1 heterocycles. The second-order valence-electron chi connectivity index (χ2n) is 6.37. The first-order valence-electron chi connectivity index (χ1n) is 8.65. The first-order valence-corrected chi connectivity index (χ1v) is 9.03. The van der Waals surface area contributed by atoms with Gasteiger partial charge in [-0.1, -0.05) is 49.7 Å². The standard InChI is InChI=1S/C20H22ClN5/c1-14(2)16-5-9-18(10-6-16)24-19-13-23-26-20(25-19)22-12-11-15-3-7-17(21)8-4-15/h3-10,13-14H,11-12H2,1-2H3,(H2,22,24,25,26). The van der Waals surface area contributed by atoms with E-state index in [1.165, 1.54) is 11.1 Å². The Morgan fingerprint density at radius 3 is 2.42 bits per heavy atom. The van der Waals surface area contributed by atoms with E-state index in [4.69, 9.17) is 11.6 Å². The van der Waals surface area contributed by atoms with Crippen molar-refractivity contribution in [3.63, 3.8) is 0 Å². The highest BCUT2D eigenvalue weighted by molar-refractivity contribution is 6.30. The smallest absolute Gasteiger partial charge is 0.244 e. The predicted octanol–water partition coefficient (Wildman–Crippen LogP) is 5.05. The fourth-order valence-corrected chi connectivity index (χ4v) is 2.63. The second kappa shape index (κ2) is 8.63. The Morgan fingerprint density at radius 1 is 1.00 bits per heavy atom. The molecule has 0 atom stereocenters. The van der Waals surface area contributed by atoms with E-state index in [0.29, 0.717) is 17.7 Å². The lowest BCUT2D eigenvalue weighted by Gasteiger charge is -2.09. The summed E-state index contributed by atoms with van der Waals surface area (Å²) in [7, 11) is 0. The van der Waals surface area contributed by atoms with Crippen LogP contribution in [0.25, 0.3) is 0 Å². The fourth-order valence-electron chi connectivity index (χ4n) is 2.51.